The molecule has 0 saturated carbocycles. The number of carbonyl (C=O) groups excluding carboxylic acids is 1. The van der Waals surface area contributed by atoms with E-state index in [0.29, 0.717) is 32.8 Å². The number of fused-ring (bicyclic) bond motifs is 1. The second-order valence-corrected chi connectivity index (χ2v) is 8.29. The maximum absolute atomic E-state index is 12.2. The largest absolute Gasteiger partial charge is 0.365 e. The summed E-state index contributed by atoms with van der Waals surface area (Å²) in [6.45, 7) is 4.00. The minimum absolute atomic E-state index is 0.126. The maximum atomic E-state index is 12.2. The lowest BCUT2D eigenvalue weighted by Crippen LogP contribution is -2.43. The monoisotopic (exact) mass is 342 g/mol. The number of hydrogen-bond donors (Lipinski definition) is 1. The molecule has 0 unspecified atom stereocenters. The fourth-order valence-electron chi connectivity index (χ4n) is 2.99. The Hall–Kier alpha value is -1.45. The van der Waals surface area contributed by atoms with Crippen LogP contribution in [0, 0.1) is 0 Å². The van der Waals surface area contributed by atoms with Crippen LogP contribution in [-0.4, -0.2) is 53.4 Å². The number of hydrogen-bond acceptors (Lipinski definition) is 5. The molecule has 0 radical (unpaired) electrons. The SMILES string of the molecule is C[C@]1(C(=O)NCc2cc3n(n2)CCN(S(C)(=O)=O)C3)CCCO1. The second-order valence-electron chi connectivity index (χ2n) is 6.31. The summed E-state index contributed by atoms with van der Waals surface area (Å²) in [7, 11) is -3.20. The van der Waals surface area contributed by atoms with Crippen molar-refractivity contribution in [3.8, 4) is 0 Å². The number of amides is 1. The molecule has 128 valence electrons. The first-order chi connectivity index (χ1) is 10.8. The van der Waals surface area contributed by atoms with Gasteiger partial charge < -0.3 is 10.1 Å². The van der Waals surface area contributed by atoms with Gasteiger partial charge in [-0.3, -0.25) is 9.48 Å². The van der Waals surface area contributed by atoms with E-state index in [4.69, 9.17) is 4.74 Å². The van der Waals surface area contributed by atoms with Crippen LogP contribution < -0.4 is 5.32 Å². The third-order valence-corrected chi connectivity index (χ3v) is 5.66. The van der Waals surface area contributed by atoms with Gasteiger partial charge in [-0.25, -0.2) is 8.42 Å². The Bertz CT molecular complexity index is 706. The molecule has 8 nitrogen and oxygen atoms in total. The van der Waals surface area contributed by atoms with Gasteiger partial charge >= 0.3 is 0 Å². The van der Waals surface area contributed by atoms with Crippen molar-refractivity contribution in [3.63, 3.8) is 0 Å². The van der Waals surface area contributed by atoms with Crippen molar-refractivity contribution in [1.29, 1.82) is 0 Å². The van der Waals surface area contributed by atoms with Crippen LogP contribution in [0.15, 0.2) is 6.07 Å². The van der Waals surface area contributed by atoms with Gasteiger partial charge in [0, 0.05) is 13.2 Å². The molecule has 0 bridgehead atoms. The van der Waals surface area contributed by atoms with E-state index in [-0.39, 0.29) is 5.91 Å². The molecule has 1 N–H and O–H groups in total. The summed E-state index contributed by atoms with van der Waals surface area (Å²) < 4.78 is 32.0. The molecule has 2 aliphatic heterocycles. The number of rotatable bonds is 4. The molecule has 1 saturated heterocycles. The summed E-state index contributed by atoms with van der Waals surface area (Å²) in [6, 6.07) is 1.84. The van der Waals surface area contributed by atoms with Crippen molar-refractivity contribution in [3.05, 3.63) is 17.5 Å². The highest BCUT2D eigenvalue weighted by Crippen LogP contribution is 2.25. The standard InChI is InChI=1S/C14H22N4O4S/c1-14(4-3-7-22-14)13(19)15-9-11-8-12-10-17(23(2,20)21)5-6-18(12)16-11/h8H,3-7,9-10H2,1-2H3,(H,15,19)/t14-/m1/s1. The first-order valence-electron chi connectivity index (χ1n) is 7.71. The molecule has 1 atom stereocenters. The topological polar surface area (TPSA) is 93.5 Å². The van der Waals surface area contributed by atoms with E-state index >= 15 is 0 Å². The third-order valence-electron chi connectivity index (χ3n) is 4.41. The van der Waals surface area contributed by atoms with Gasteiger partial charge in [-0.1, -0.05) is 0 Å². The second kappa shape index (κ2) is 5.88. The van der Waals surface area contributed by atoms with Crippen molar-refractivity contribution in [2.75, 3.05) is 19.4 Å². The molecule has 0 spiro atoms. The molecule has 3 rings (SSSR count). The third kappa shape index (κ3) is 3.41. The smallest absolute Gasteiger partial charge is 0.252 e. The maximum Gasteiger partial charge on any atom is 0.252 e. The highest BCUT2D eigenvalue weighted by molar-refractivity contribution is 7.88. The van der Waals surface area contributed by atoms with E-state index in [9.17, 15) is 13.2 Å². The van der Waals surface area contributed by atoms with Crippen LogP contribution in [0.3, 0.4) is 0 Å². The van der Waals surface area contributed by atoms with E-state index < -0.39 is 15.6 Å². The van der Waals surface area contributed by atoms with Crippen LogP contribution in [0.4, 0.5) is 0 Å². The molecule has 2 aliphatic rings. The molecule has 1 aromatic heterocycles. The lowest BCUT2D eigenvalue weighted by Gasteiger charge is -2.25. The molecule has 0 aliphatic carbocycles. The Kier molecular flexibility index (Phi) is 4.19. The zero-order valence-electron chi connectivity index (χ0n) is 13.4. The van der Waals surface area contributed by atoms with E-state index in [1.165, 1.54) is 10.6 Å². The zero-order chi connectivity index (χ0) is 16.7. The predicted molar refractivity (Wildman–Crippen MR) is 82.9 cm³/mol. The van der Waals surface area contributed by atoms with Gasteiger partial charge in [0.2, 0.25) is 10.0 Å². The Morgan fingerprint density at radius 1 is 1.48 bits per heavy atom. The number of ether oxygens (including phenoxy) is 1. The number of nitrogens with one attached hydrogen (secondary N) is 1. The molecule has 1 fully saturated rings. The molecule has 1 amide bonds. The highest BCUT2D eigenvalue weighted by atomic mass is 32.2. The van der Waals surface area contributed by atoms with Crippen LogP contribution in [0.1, 0.15) is 31.2 Å². The van der Waals surface area contributed by atoms with Crippen LogP contribution >= 0.6 is 0 Å². The summed E-state index contributed by atoms with van der Waals surface area (Å²) in [5.74, 6) is -0.126. The van der Waals surface area contributed by atoms with Gasteiger partial charge in [-0.15, -0.1) is 0 Å². The van der Waals surface area contributed by atoms with Crippen LogP contribution in [0.5, 0.6) is 0 Å². The molecule has 1 aromatic rings. The van der Waals surface area contributed by atoms with Gasteiger partial charge in [-0.05, 0) is 25.8 Å². The summed E-state index contributed by atoms with van der Waals surface area (Å²) in [5, 5.41) is 7.29. The molecular formula is C14H22N4O4S. The number of carbonyl (C=O) groups is 1. The van der Waals surface area contributed by atoms with Gasteiger partial charge in [0.15, 0.2) is 0 Å². The Morgan fingerprint density at radius 2 is 2.26 bits per heavy atom. The minimum atomic E-state index is -3.20. The summed E-state index contributed by atoms with van der Waals surface area (Å²) in [4.78, 5) is 12.2. The van der Waals surface area contributed by atoms with Gasteiger partial charge in [0.05, 0.1) is 37.3 Å². The van der Waals surface area contributed by atoms with Crippen LogP contribution in [-0.2, 0) is 39.2 Å². The Labute approximate surface area is 135 Å². The Balaban J connectivity index is 1.63. The first-order valence-corrected chi connectivity index (χ1v) is 9.56. The van der Waals surface area contributed by atoms with E-state index in [2.05, 4.69) is 10.4 Å². The predicted octanol–water partition coefficient (Wildman–Crippen LogP) is -0.156. The summed E-state index contributed by atoms with van der Waals surface area (Å²) >= 11 is 0. The zero-order valence-corrected chi connectivity index (χ0v) is 14.2. The molecule has 0 aromatic carbocycles. The van der Waals surface area contributed by atoms with E-state index in [1.807, 2.05) is 6.07 Å². The van der Waals surface area contributed by atoms with Crippen LogP contribution in [0.2, 0.25) is 0 Å². The van der Waals surface area contributed by atoms with Crippen molar-refractivity contribution in [1.82, 2.24) is 19.4 Å². The summed E-state index contributed by atoms with van der Waals surface area (Å²) in [5.41, 5.74) is 0.825. The quantitative estimate of drug-likeness (QED) is 0.821. The average Bonchev–Trinajstić information content (AvgIpc) is 3.09. The van der Waals surface area contributed by atoms with Crippen molar-refractivity contribution >= 4 is 15.9 Å². The molecular weight excluding hydrogens is 320 g/mol. The Morgan fingerprint density at radius 3 is 2.91 bits per heavy atom. The van der Waals surface area contributed by atoms with Crippen LogP contribution in [0.25, 0.3) is 0 Å². The van der Waals surface area contributed by atoms with E-state index in [1.54, 1.807) is 11.6 Å². The van der Waals surface area contributed by atoms with E-state index in [0.717, 1.165) is 24.2 Å². The van der Waals surface area contributed by atoms with Gasteiger partial charge in [0.25, 0.3) is 5.91 Å². The van der Waals surface area contributed by atoms with Gasteiger partial charge in [-0.2, -0.15) is 9.40 Å². The lowest BCUT2D eigenvalue weighted by molar-refractivity contribution is -0.139. The lowest BCUT2D eigenvalue weighted by atomic mass is 10.0. The molecule has 9 heteroatoms. The highest BCUT2D eigenvalue weighted by Gasteiger charge is 2.37. The number of sulfonamides is 1. The number of nitrogens with zero attached hydrogens (tertiary/aromatic N) is 3. The van der Waals surface area contributed by atoms with Gasteiger partial charge in [0.1, 0.15) is 5.60 Å². The fraction of sp³-hybridized carbons (Fsp3) is 0.714. The first kappa shape index (κ1) is 16.4. The van der Waals surface area contributed by atoms with Crippen molar-refractivity contribution in [2.45, 2.75) is 45.0 Å². The molecule has 23 heavy (non-hydrogen) atoms. The normalized spacial score (nSPS) is 25.3. The molecule has 3 heterocycles. The van der Waals surface area contributed by atoms with Crippen molar-refractivity contribution in [2.24, 2.45) is 0 Å². The fourth-order valence-corrected chi connectivity index (χ4v) is 3.77. The summed E-state index contributed by atoms with van der Waals surface area (Å²) in [6.07, 6.45) is 2.83. The average molecular weight is 342 g/mol. The van der Waals surface area contributed by atoms with Crippen molar-refractivity contribution < 1.29 is 17.9 Å². The number of aromatic nitrogens is 2. The minimum Gasteiger partial charge on any atom is -0.365 e.